The summed E-state index contributed by atoms with van der Waals surface area (Å²) in [4.78, 5) is 26.4. The zero-order valence-electron chi connectivity index (χ0n) is 9.65. The Morgan fingerprint density at radius 1 is 1.25 bits per heavy atom. The monoisotopic (exact) mass is 226 g/mol. The molecule has 5 heteroatoms. The minimum atomic E-state index is -0.0657. The average Bonchev–Trinajstić information content (AvgIpc) is 2.35. The van der Waals surface area contributed by atoms with Gasteiger partial charge in [-0.3, -0.25) is 9.59 Å². The van der Waals surface area contributed by atoms with Gasteiger partial charge in [-0.1, -0.05) is 6.58 Å². The van der Waals surface area contributed by atoms with Crippen LogP contribution in [0.1, 0.15) is 6.42 Å². The maximum absolute atomic E-state index is 11.6. The molecule has 0 bridgehead atoms. The molecule has 1 fully saturated rings. The first-order valence-electron chi connectivity index (χ1n) is 5.37. The average molecular weight is 226 g/mol. The van der Waals surface area contributed by atoms with E-state index in [2.05, 4.69) is 6.58 Å². The summed E-state index contributed by atoms with van der Waals surface area (Å²) in [5, 5.41) is 0. The van der Waals surface area contributed by atoms with Crippen LogP contribution in [-0.4, -0.2) is 61.5 Å². The van der Waals surface area contributed by atoms with Gasteiger partial charge in [0.1, 0.15) is 0 Å². The molecule has 0 N–H and O–H groups in total. The number of nitrogens with zero attached hydrogens (tertiary/aromatic N) is 2. The molecule has 0 aliphatic carbocycles. The van der Waals surface area contributed by atoms with E-state index < -0.39 is 0 Å². The summed E-state index contributed by atoms with van der Waals surface area (Å²) in [5.74, 6) is 0.0246. The summed E-state index contributed by atoms with van der Waals surface area (Å²) in [6.45, 7) is 6.26. The fourth-order valence-corrected chi connectivity index (χ4v) is 1.65. The van der Waals surface area contributed by atoms with Crippen molar-refractivity contribution in [2.24, 2.45) is 0 Å². The lowest BCUT2D eigenvalue weighted by molar-refractivity contribution is -0.137. The maximum atomic E-state index is 11.6. The molecule has 1 aliphatic heterocycles. The van der Waals surface area contributed by atoms with E-state index in [4.69, 9.17) is 4.74 Å². The minimum Gasteiger partial charge on any atom is -0.384 e. The molecule has 0 saturated carbocycles. The lowest BCUT2D eigenvalue weighted by atomic mass is 10.2. The molecule has 0 aromatic heterocycles. The standard InChI is InChI=1S/C11H18N2O3/c1-3-10(14)12-5-7-13(8-6-12)11(15)4-9-16-2/h3H,1,4-9H2,2H3. The summed E-state index contributed by atoms with van der Waals surface area (Å²) in [5.41, 5.74) is 0. The van der Waals surface area contributed by atoms with Crippen molar-refractivity contribution >= 4 is 11.8 Å². The number of methoxy groups -OCH3 is 1. The first kappa shape index (κ1) is 12.7. The molecule has 16 heavy (non-hydrogen) atoms. The second-order valence-electron chi connectivity index (χ2n) is 3.65. The summed E-state index contributed by atoms with van der Waals surface area (Å²) in [7, 11) is 1.58. The van der Waals surface area contributed by atoms with E-state index in [0.717, 1.165) is 0 Å². The molecule has 1 aliphatic rings. The number of hydrogen-bond donors (Lipinski definition) is 0. The first-order chi connectivity index (χ1) is 7.69. The molecule has 0 atom stereocenters. The van der Waals surface area contributed by atoms with Crippen molar-refractivity contribution in [3.63, 3.8) is 0 Å². The lowest BCUT2D eigenvalue weighted by Gasteiger charge is -2.34. The largest absolute Gasteiger partial charge is 0.384 e. The lowest BCUT2D eigenvalue weighted by Crippen LogP contribution is -2.50. The quantitative estimate of drug-likeness (QED) is 0.628. The fourth-order valence-electron chi connectivity index (χ4n) is 1.65. The third-order valence-electron chi connectivity index (χ3n) is 2.64. The van der Waals surface area contributed by atoms with Gasteiger partial charge in [0.05, 0.1) is 13.0 Å². The van der Waals surface area contributed by atoms with Gasteiger partial charge in [0.15, 0.2) is 0 Å². The number of rotatable bonds is 4. The number of amides is 2. The number of piperazine rings is 1. The molecule has 1 saturated heterocycles. The number of hydrogen-bond acceptors (Lipinski definition) is 3. The molecule has 0 aromatic rings. The summed E-state index contributed by atoms with van der Waals surface area (Å²) in [6.07, 6.45) is 1.72. The topological polar surface area (TPSA) is 49.9 Å². The van der Waals surface area contributed by atoms with Crippen LogP contribution in [0.4, 0.5) is 0 Å². The van der Waals surface area contributed by atoms with Crippen LogP contribution in [0.2, 0.25) is 0 Å². The van der Waals surface area contributed by atoms with Crippen LogP contribution in [0.5, 0.6) is 0 Å². The summed E-state index contributed by atoms with van der Waals surface area (Å²) >= 11 is 0. The van der Waals surface area contributed by atoms with Crippen LogP contribution in [-0.2, 0) is 14.3 Å². The molecular formula is C11H18N2O3. The smallest absolute Gasteiger partial charge is 0.246 e. The highest BCUT2D eigenvalue weighted by atomic mass is 16.5. The number of carbonyl (C=O) groups is 2. The van der Waals surface area contributed by atoms with Gasteiger partial charge in [-0.2, -0.15) is 0 Å². The van der Waals surface area contributed by atoms with Crippen LogP contribution < -0.4 is 0 Å². The molecule has 1 heterocycles. The molecule has 0 aromatic carbocycles. The van der Waals surface area contributed by atoms with E-state index in [0.29, 0.717) is 39.2 Å². The zero-order chi connectivity index (χ0) is 12.0. The Kier molecular flexibility index (Phi) is 4.98. The molecule has 0 radical (unpaired) electrons. The molecule has 0 spiro atoms. The van der Waals surface area contributed by atoms with Gasteiger partial charge in [0.2, 0.25) is 11.8 Å². The van der Waals surface area contributed by atoms with Crippen molar-refractivity contribution in [2.45, 2.75) is 6.42 Å². The van der Waals surface area contributed by atoms with E-state index in [1.807, 2.05) is 0 Å². The second kappa shape index (κ2) is 6.27. The molecule has 2 amide bonds. The van der Waals surface area contributed by atoms with Crippen LogP contribution in [0.3, 0.4) is 0 Å². The highest BCUT2D eigenvalue weighted by molar-refractivity contribution is 5.87. The molecule has 1 rings (SSSR count). The van der Waals surface area contributed by atoms with Crippen LogP contribution in [0.25, 0.3) is 0 Å². The molecule has 90 valence electrons. The minimum absolute atomic E-state index is 0.0657. The van der Waals surface area contributed by atoms with E-state index >= 15 is 0 Å². The van der Waals surface area contributed by atoms with Crippen LogP contribution in [0, 0.1) is 0 Å². The number of carbonyl (C=O) groups excluding carboxylic acids is 2. The van der Waals surface area contributed by atoms with E-state index in [-0.39, 0.29) is 11.8 Å². The molecule has 5 nitrogen and oxygen atoms in total. The third kappa shape index (κ3) is 3.34. The number of ether oxygens (including phenoxy) is 1. The SMILES string of the molecule is C=CC(=O)N1CCN(C(=O)CCOC)CC1. The van der Waals surface area contributed by atoms with Crippen molar-refractivity contribution in [3.8, 4) is 0 Å². The van der Waals surface area contributed by atoms with Gasteiger partial charge < -0.3 is 14.5 Å². The zero-order valence-corrected chi connectivity index (χ0v) is 9.65. The second-order valence-corrected chi connectivity index (χ2v) is 3.65. The van der Waals surface area contributed by atoms with Crippen molar-refractivity contribution < 1.29 is 14.3 Å². The van der Waals surface area contributed by atoms with Crippen LogP contribution in [0.15, 0.2) is 12.7 Å². The van der Waals surface area contributed by atoms with E-state index in [1.165, 1.54) is 6.08 Å². The Hall–Kier alpha value is -1.36. The molecule has 0 unspecified atom stereocenters. The predicted molar refractivity (Wildman–Crippen MR) is 59.9 cm³/mol. The van der Waals surface area contributed by atoms with Crippen molar-refractivity contribution in [1.82, 2.24) is 9.80 Å². The van der Waals surface area contributed by atoms with E-state index in [1.54, 1.807) is 16.9 Å². The highest BCUT2D eigenvalue weighted by Gasteiger charge is 2.22. The normalized spacial score (nSPS) is 16.1. The highest BCUT2D eigenvalue weighted by Crippen LogP contribution is 2.04. The summed E-state index contributed by atoms with van der Waals surface area (Å²) in [6, 6.07) is 0. The predicted octanol–water partition coefficient (Wildman–Crippen LogP) is -0.120. The Morgan fingerprint density at radius 2 is 1.81 bits per heavy atom. The Morgan fingerprint density at radius 3 is 2.31 bits per heavy atom. The van der Waals surface area contributed by atoms with Gasteiger partial charge in [-0.05, 0) is 6.08 Å². The van der Waals surface area contributed by atoms with Gasteiger partial charge >= 0.3 is 0 Å². The van der Waals surface area contributed by atoms with Crippen molar-refractivity contribution in [2.75, 3.05) is 39.9 Å². The maximum Gasteiger partial charge on any atom is 0.246 e. The van der Waals surface area contributed by atoms with Crippen molar-refractivity contribution in [3.05, 3.63) is 12.7 Å². The fraction of sp³-hybridized carbons (Fsp3) is 0.636. The molecular weight excluding hydrogens is 208 g/mol. The first-order valence-corrected chi connectivity index (χ1v) is 5.37. The third-order valence-corrected chi connectivity index (χ3v) is 2.64. The van der Waals surface area contributed by atoms with Gasteiger partial charge in [0, 0.05) is 33.3 Å². The Balaban J connectivity index is 2.34. The van der Waals surface area contributed by atoms with Gasteiger partial charge in [0.25, 0.3) is 0 Å². The van der Waals surface area contributed by atoms with Gasteiger partial charge in [-0.25, -0.2) is 0 Å². The van der Waals surface area contributed by atoms with E-state index in [9.17, 15) is 9.59 Å². The van der Waals surface area contributed by atoms with Gasteiger partial charge in [-0.15, -0.1) is 0 Å². The van der Waals surface area contributed by atoms with Crippen molar-refractivity contribution in [1.29, 1.82) is 0 Å². The summed E-state index contributed by atoms with van der Waals surface area (Å²) < 4.78 is 4.85. The Labute approximate surface area is 95.6 Å². The Bertz CT molecular complexity index is 270. The van der Waals surface area contributed by atoms with Crippen LogP contribution >= 0.6 is 0 Å².